The third-order valence-corrected chi connectivity index (χ3v) is 9.28. The molecule has 11 nitrogen and oxygen atoms in total. The van der Waals surface area contributed by atoms with E-state index in [2.05, 4.69) is 40.6 Å². The Morgan fingerprint density at radius 1 is 0.860 bits per heavy atom. The molecule has 0 radical (unpaired) electrons. The van der Waals surface area contributed by atoms with Crippen molar-refractivity contribution < 1.29 is 18.3 Å². The monoisotopic (exact) mass is 685 g/mol. The van der Waals surface area contributed by atoms with Gasteiger partial charge in [-0.25, -0.2) is 4.39 Å². The summed E-state index contributed by atoms with van der Waals surface area (Å²) in [6.45, 7) is 12.4. The minimum absolute atomic E-state index is 0.0231. The molecule has 264 valence electrons. The Bertz CT molecular complexity index is 2360. The molecule has 2 aromatic heterocycles. The van der Waals surface area contributed by atoms with Gasteiger partial charge in [-0.2, -0.15) is 0 Å². The number of piperazine rings is 1. The maximum Gasteiger partial charge on any atom is 0.259 e. The summed E-state index contributed by atoms with van der Waals surface area (Å²) < 4.78 is 27.3. The number of aromatic nitrogens is 1. The van der Waals surface area contributed by atoms with Gasteiger partial charge in [0.1, 0.15) is 16.8 Å². The fraction of sp³-hybridized carbons (Fsp3) is 0.368. The number of pyridine rings is 1. The molecule has 1 saturated heterocycles. The number of hydrogen-bond donors (Lipinski definition) is 1. The van der Waals surface area contributed by atoms with Gasteiger partial charge in [-0.05, 0) is 44.9 Å². The highest BCUT2D eigenvalue weighted by molar-refractivity contribution is 6.08. The third-order valence-electron chi connectivity index (χ3n) is 9.28. The van der Waals surface area contributed by atoms with Crippen LogP contribution in [0.1, 0.15) is 31.1 Å². The summed E-state index contributed by atoms with van der Waals surface area (Å²) in [6, 6.07) is 10.7. The van der Waals surface area contributed by atoms with Crippen LogP contribution in [0.5, 0.6) is 0 Å². The SMILES string of the molecule is CCN(CC)CC.CNc1c(F)cc2c(=O)c(C(=O)N3CCN(C)CC3)cn3c4cc5c(=O)c6ccccc6c(=O)c5cc4oc1c23.COC. The summed E-state index contributed by atoms with van der Waals surface area (Å²) in [6.07, 6.45) is 1.43. The Morgan fingerprint density at radius 3 is 1.94 bits per heavy atom. The number of likely N-dealkylation sites (N-methyl/N-ethyl adjacent to an activating group) is 1. The molecule has 7 rings (SSSR count). The average molecular weight is 686 g/mol. The number of nitrogens with zero attached hydrogens (tertiary/aromatic N) is 4. The van der Waals surface area contributed by atoms with E-state index in [0.717, 1.165) is 6.07 Å². The lowest BCUT2D eigenvalue weighted by atomic mass is 10.0. The fourth-order valence-corrected chi connectivity index (χ4v) is 6.44. The normalized spacial score (nSPS) is 13.6. The van der Waals surface area contributed by atoms with Gasteiger partial charge in [-0.15, -0.1) is 0 Å². The van der Waals surface area contributed by atoms with Gasteiger partial charge in [0.05, 0.1) is 10.9 Å². The summed E-state index contributed by atoms with van der Waals surface area (Å²) in [5, 5.41) is 3.71. The molecule has 6 aromatic rings. The van der Waals surface area contributed by atoms with Crippen molar-refractivity contribution >= 4 is 60.7 Å². The van der Waals surface area contributed by atoms with Gasteiger partial charge in [-0.3, -0.25) is 19.2 Å². The van der Waals surface area contributed by atoms with Gasteiger partial charge >= 0.3 is 0 Å². The van der Waals surface area contributed by atoms with Crippen molar-refractivity contribution in [2.45, 2.75) is 20.8 Å². The van der Waals surface area contributed by atoms with Crippen LogP contribution < -0.4 is 21.6 Å². The van der Waals surface area contributed by atoms with Crippen molar-refractivity contribution in [3.05, 3.63) is 90.7 Å². The van der Waals surface area contributed by atoms with Gasteiger partial charge in [-0.1, -0.05) is 45.0 Å². The number of rotatable bonds is 5. The predicted molar refractivity (Wildman–Crippen MR) is 199 cm³/mol. The molecule has 1 fully saturated rings. The molecule has 0 aliphatic carbocycles. The first-order chi connectivity index (χ1) is 24.0. The summed E-state index contributed by atoms with van der Waals surface area (Å²) in [7, 11) is 6.74. The van der Waals surface area contributed by atoms with E-state index in [4.69, 9.17) is 4.42 Å². The molecule has 1 amide bonds. The van der Waals surface area contributed by atoms with Crippen molar-refractivity contribution in [2.75, 3.05) is 79.4 Å². The first kappa shape index (κ1) is 36.4. The zero-order chi connectivity index (χ0) is 36.3. The number of hydrogen-bond acceptors (Lipinski definition) is 9. The second-order valence-corrected chi connectivity index (χ2v) is 12.2. The molecule has 0 saturated carbocycles. The molecule has 1 aliphatic rings. The summed E-state index contributed by atoms with van der Waals surface area (Å²) in [5.41, 5.74) is -0.485. The van der Waals surface area contributed by atoms with E-state index in [0.29, 0.717) is 42.5 Å². The van der Waals surface area contributed by atoms with Gasteiger partial charge in [0.15, 0.2) is 27.8 Å². The lowest BCUT2D eigenvalue weighted by Gasteiger charge is -2.32. The second-order valence-electron chi connectivity index (χ2n) is 12.2. The van der Waals surface area contributed by atoms with Crippen LogP contribution in [0.3, 0.4) is 0 Å². The van der Waals surface area contributed by atoms with Gasteiger partial charge in [0, 0.05) is 75.2 Å². The molecule has 3 heterocycles. The predicted octanol–water partition coefficient (Wildman–Crippen LogP) is 4.84. The van der Waals surface area contributed by atoms with Crippen LogP contribution >= 0.6 is 0 Å². The average Bonchev–Trinajstić information content (AvgIpc) is 3.12. The van der Waals surface area contributed by atoms with Crippen LogP contribution in [-0.4, -0.2) is 99.1 Å². The van der Waals surface area contributed by atoms with Crippen molar-refractivity contribution in [3.63, 3.8) is 0 Å². The van der Waals surface area contributed by atoms with E-state index in [9.17, 15) is 19.2 Å². The number of carbonyl (C=O) groups is 1. The molecule has 0 unspecified atom stereocenters. The zero-order valence-corrected chi connectivity index (χ0v) is 29.7. The summed E-state index contributed by atoms with van der Waals surface area (Å²) in [4.78, 5) is 60.1. The summed E-state index contributed by atoms with van der Waals surface area (Å²) in [5.74, 6) is -1.17. The number of halogens is 1. The maximum absolute atomic E-state index is 15.3. The Morgan fingerprint density at radius 2 is 1.42 bits per heavy atom. The maximum atomic E-state index is 15.3. The largest absolute Gasteiger partial charge is 0.451 e. The molecular weight excluding hydrogens is 641 g/mol. The molecule has 1 N–H and O–H groups in total. The van der Waals surface area contributed by atoms with Crippen molar-refractivity contribution in [1.29, 1.82) is 0 Å². The zero-order valence-electron chi connectivity index (χ0n) is 29.7. The fourth-order valence-electron chi connectivity index (χ4n) is 6.44. The number of fused-ring (bicyclic) bond motifs is 4. The minimum atomic E-state index is -0.723. The minimum Gasteiger partial charge on any atom is -0.451 e. The Balaban J connectivity index is 0.000000430. The molecule has 1 aliphatic heterocycles. The number of amides is 1. The number of ether oxygens (including phenoxy) is 1. The van der Waals surface area contributed by atoms with E-state index in [1.807, 2.05) is 7.05 Å². The van der Waals surface area contributed by atoms with Crippen molar-refractivity contribution in [3.8, 4) is 0 Å². The lowest BCUT2D eigenvalue weighted by molar-refractivity contribution is 0.0662. The number of anilines is 1. The van der Waals surface area contributed by atoms with Gasteiger partial charge in [0.2, 0.25) is 5.43 Å². The topological polar surface area (TPSA) is 117 Å². The third kappa shape index (κ3) is 6.53. The second kappa shape index (κ2) is 15.3. The van der Waals surface area contributed by atoms with Crippen LogP contribution in [-0.2, 0) is 4.74 Å². The molecule has 4 aromatic carbocycles. The molecular formula is C38H44FN5O6. The summed E-state index contributed by atoms with van der Waals surface area (Å²) >= 11 is 0. The Hall–Kier alpha value is -4.91. The van der Waals surface area contributed by atoms with Crippen LogP contribution in [0.25, 0.3) is 49.1 Å². The number of benzene rings is 4. The lowest BCUT2D eigenvalue weighted by Crippen LogP contribution is -2.48. The number of carbonyl (C=O) groups excluding carboxylic acids is 1. The quantitative estimate of drug-likeness (QED) is 0.201. The van der Waals surface area contributed by atoms with Crippen LogP contribution in [0.4, 0.5) is 10.1 Å². The molecule has 0 atom stereocenters. The highest BCUT2D eigenvalue weighted by atomic mass is 19.1. The highest BCUT2D eigenvalue weighted by Gasteiger charge is 2.27. The molecule has 0 spiro atoms. The van der Waals surface area contributed by atoms with Crippen LogP contribution in [0.2, 0.25) is 0 Å². The van der Waals surface area contributed by atoms with Crippen LogP contribution in [0, 0.1) is 5.82 Å². The first-order valence-corrected chi connectivity index (χ1v) is 16.8. The van der Waals surface area contributed by atoms with E-state index < -0.39 is 17.2 Å². The van der Waals surface area contributed by atoms with E-state index in [1.165, 1.54) is 38.9 Å². The molecule has 50 heavy (non-hydrogen) atoms. The van der Waals surface area contributed by atoms with Crippen LogP contribution in [0.15, 0.2) is 67.5 Å². The molecule has 12 heteroatoms. The van der Waals surface area contributed by atoms with Gasteiger partial charge < -0.3 is 33.6 Å². The Kier molecular flexibility index (Phi) is 11.1. The van der Waals surface area contributed by atoms with Crippen molar-refractivity contribution in [1.82, 2.24) is 19.1 Å². The van der Waals surface area contributed by atoms with E-state index in [-0.39, 0.29) is 54.9 Å². The van der Waals surface area contributed by atoms with Crippen molar-refractivity contribution in [2.24, 2.45) is 0 Å². The smallest absolute Gasteiger partial charge is 0.259 e. The standard InChI is InChI=1S/C30H23FN4O5.C6H15N.C2H6O/c1-32-24-21(31)11-19-25-29(24)40-23-13-18-17(26(36)15-5-3-4-6-16(15)27(18)37)12-22(23)35(25)14-20(28(19)38)30(39)34-9-7-33(2)8-10-34;1-4-7(5-2)6-3;1-3-2/h3-6,11-14,32H,7-10H2,1-2H3;4-6H2,1-3H3;1-2H3. The Labute approximate surface area is 288 Å². The number of methoxy groups -OCH3 is 1. The molecule has 0 bridgehead atoms. The highest BCUT2D eigenvalue weighted by Crippen LogP contribution is 2.34. The van der Waals surface area contributed by atoms with Gasteiger partial charge in [0.25, 0.3) is 5.91 Å². The number of nitrogens with one attached hydrogen (secondary N) is 1. The van der Waals surface area contributed by atoms with E-state index >= 15 is 4.39 Å². The van der Waals surface area contributed by atoms with E-state index in [1.54, 1.807) is 53.9 Å². The first-order valence-electron chi connectivity index (χ1n) is 16.8.